The number of fused-ring (bicyclic) bond motifs is 3. The highest BCUT2D eigenvalue weighted by Gasteiger charge is 2.45. The van der Waals surface area contributed by atoms with Crippen molar-refractivity contribution in [1.82, 2.24) is 21.3 Å². The van der Waals surface area contributed by atoms with Crippen LogP contribution in [0.5, 0.6) is 5.75 Å². The fourth-order valence-electron chi connectivity index (χ4n) is 11.6. The summed E-state index contributed by atoms with van der Waals surface area (Å²) < 4.78 is 28.2. The number of benzene rings is 5. The largest absolute Gasteiger partial charge is 0.495 e. The zero-order valence-electron chi connectivity index (χ0n) is 56.1. The molecule has 5 aromatic carbocycles. The Morgan fingerprint density at radius 2 is 1.42 bits per heavy atom. The number of aliphatic carboxylic acids is 1. The number of primary amides is 1. The molecule has 1 fully saturated rings. The van der Waals surface area contributed by atoms with Crippen LogP contribution in [-0.4, -0.2) is 110 Å². The number of alkyl carbamates (subject to hydrolysis) is 1. The number of ether oxygens (including phenoxy) is 5. The average Bonchev–Trinajstić information content (AvgIpc) is 1.62. The highest BCUT2D eigenvalue weighted by atomic mass is 35.5. The molecule has 2 aliphatic rings. The maximum atomic E-state index is 14.0. The Hall–Kier alpha value is -9.08. The van der Waals surface area contributed by atoms with Crippen molar-refractivity contribution in [3.05, 3.63) is 166 Å². The molecule has 96 heavy (non-hydrogen) atoms. The number of Topliss-reactive ketones (excluding diaryl/α,β-unsaturated/α-hetero) is 1. The lowest BCUT2D eigenvalue weighted by Gasteiger charge is -2.27. The smallest absolute Gasteiger partial charge is 0.407 e. The van der Waals surface area contributed by atoms with Crippen molar-refractivity contribution in [3.63, 3.8) is 0 Å². The third-order valence-corrected chi connectivity index (χ3v) is 17.8. The van der Waals surface area contributed by atoms with Gasteiger partial charge in [0.15, 0.2) is 11.9 Å². The van der Waals surface area contributed by atoms with E-state index in [-0.39, 0.29) is 112 Å². The highest BCUT2D eigenvalue weighted by molar-refractivity contribution is 6.32. The number of methoxy groups -OCH3 is 1. The molecule has 1 heterocycles. The van der Waals surface area contributed by atoms with Crippen LogP contribution in [-0.2, 0) is 72.0 Å². The second-order valence-electron chi connectivity index (χ2n) is 26.3. The lowest BCUT2D eigenvalue weighted by Crippen LogP contribution is -2.51. The van der Waals surface area contributed by atoms with Crippen molar-refractivity contribution in [3.8, 4) is 16.9 Å². The van der Waals surface area contributed by atoms with Crippen LogP contribution in [0.3, 0.4) is 0 Å². The fourth-order valence-corrected chi connectivity index (χ4v) is 11.8. The molecule has 1 unspecified atom stereocenters. The molecule has 1 aliphatic heterocycles. The number of ketones is 1. The maximum Gasteiger partial charge on any atom is 0.407 e. The molecule has 7 rings (SSSR count). The molecule has 22 heteroatoms. The molecule has 514 valence electrons. The second-order valence-corrected chi connectivity index (χ2v) is 26.7. The van der Waals surface area contributed by atoms with Crippen LogP contribution < -0.4 is 37.1 Å². The minimum absolute atomic E-state index is 0.00436. The molecule has 0 radical (unpaired) electrons. The van der Waals surface area contributed by atoms with E-state index in [2.05, 4.69) is 40.4 Å². The van der Waals surface area contributed by atoms with Crippen LogP contribution in [0.1, 0.15) is 139 Å². The van der Waals surface area contributed by atoms with Crippen molar-refractivity contribution in [2.24, 2.45) is 40.7 Å². The molecule has 0 bridgehead atoms. The first kappa shape index (κ1) is 74.3. The predicted octanol–water partition coefficient (Wildman–Crippen LogP) is 11.1. The number of hydrogen-bond acceptors (Lipinski definition) is 14. The van der Waals surface area contributed by atoms with E-state index in [1.54, 1.807) is 62.4 Å². The van der Waals surface area contributed by atoms with Gasteiger partial charge in [0.1, 0.15) is 31.1 Å². The molecule has 21 nitrogen and oxygen atoms in total. The summed E-state index contributed by atoms with van der Waals surface area (Å²) in [6, 6.07) is 33.0. The van der Waals surface area contributed by atoms with E-state index in [1.165, 1.54) is 27.0 Å². The molecule has 0 spiro atoms. The number of hydrogen-bond donors (Lipinski definition) is 7. The van der Waals surface area contributed by atoms with Gasteiger partial charge >= 0.3 is 30.0 Å². The van der Waals surface area contributed by atoms with E-state index in [0.29, 0.717) is 46.8 Å². The number of carbonyl (C=O) groups is 9. The van der Waals surface area contributed by atoms with Gasteiger partial charge in [-0.25, -0.2) is 14.4 Å². The number of urea groups is 1. The number of rotatable bonds is 36. The molecular weight excluding hydrogens is 1250 g/mol. The monoisotopic (exact) mass is 1340 g/mol. The van der Waals surface area contributed by atoms with Crippen molar-refractivity contribution in [2.75, 3.05) is 32.1 Å². The number of allylic oxidation sites excluding steroid dienone is 1. The van der Waals surface area contributed by atoms with Crippen molar-refractivity contribution >= 4 is 70.8 Å². The summed E-state index contributed by atoms with van der Waals surface area (Å²) in [7, 11) is 1.48. The number of epoxide rings is 1. The van der Waals surface area contributed by atoms with Gasteiger partial charge < -0.3 is 61.1 Å². The number of nitrogens with two attached hydrogens (primary N) is 1. The highest BCUT2D eigenvalue weighted by Crippen LogP contribution is 2.47. The lowest BCUT2D eigenvalue weighted by atomic mass is 9.87. The van der Waals surface area contributed by atoms with E-state index in [1.807, 2.05) is 86.6 Å². The van der Waals surface area contributed by atoms with Gasteiger partial charge in [-0.3, -0.25) is 28.8 Å². The number of carboxylic acid groups (broad SMARTS) is 1. The topological polar surface area (TPSA) is 309 Å². The molecule has 6 amide bonds. The van der Waals surface area contributed by atoms with Gasteiger partial charge in [-0.15, -0.1) is 0 Å². The van der Waals surface area contributed by atoms with E-state index in [0.717, 1.165) is 33.4 Å². The first-order chi connectivity index (χ1) is 45.7. The number of amides is 6. The van der Waals surface area contributed by atoms with E-state index in [9.17, 15) is 48.3 Å². The van der Waals surface area contributed by atoms with Gasteiger partial charge in [-0.2, -0.15) is 0 Å². The quantitative estimate of drug-likeness (QED) is 0.00645. The van der Waals surface area contributed by atoms with E-state index < -0.39 is 71.3 Å². The summed E-state index contributed by atoms with van der Waals surface area (Å²) in [5.41, 5.74) is 12.0. The first-order valence-corrected chi connectivity index (χ1v) is 33.1. The third-order valence-electron chi connectivity index (χ3n) is 17.5. The normalized spacial score (nSPS) is 16.0. The zero-order chi connectivity index (χ0) is 69.8. The van der Waals surface area contributed by atoms with Gasteiger partial charge in [-0.1, -0.05) is 150 Å². The minimum Gasteiger partial charge on any atom is -0.495 e. The van der Waals surface area contributed by atoms with Crippen molar-refractivity contribution in [2.45, 2.75) is 150 Å². The fraction of sp³-hybridized carbons (Fsp3) is 0.446. The number of nitrogens with one attached hydrogen (secondary N) is 5. The van der Waals surface area contributed by atoms with Crippen molar-refractivity contribution in [1.29, 1.82) is 0 Å². The van der Waals surface area contributed by atoms with Crippen LogP contribution in [0, 0.1) is 35.0 Å². The number of esters is 2. The molecule has 5 aromatic rings. The van der Waals surface area contributed by atoms with Gasteiger partial charge in [0.05, 0.1) is 29.7 Å². The number of carbonyl (C=O) groups excluding carboxylic acids is 8. The van der Waals surface area contributed by atoms with Crippen LogP contribution in [0.25, 0.3) is 11.1 Å². The molecule has 1 saturated heterocycles. The van der Waals surface area contributed by atoms with Crippen molar-refractivity contribution < 1.29 is 71.9 Å². The summed E-state index contributed by atoms with van der Waals surface area (Å²) >= 11 is 6.40. The molecule has 1 aliphatic carbocycles. The number of halogens is 1. The Balaban J connectivity index is 0.835. The Kier molecular flexibility index (Phi) is 27.1. The van der Waals surface area contributed by atoms with E-state index >= 15 is 0 Å². The molecule has 0 aromatic heterocycles. The number of carboxylic acids is 1. The Morgan fingerprint density at radius 3 is 2.03 bits per heavy atom. The first-order valence-electron chi connectivity index (χ1n) is 32.7. The predicted molar refractivity (Wildman–Crippen MR) is 363 cm³/mol. The van der Waals surface area contributed by atoms with Gasteiger partial charge in [-0.05, 0) is 144 Å². The number of anilines is 1. The Labute approximate surface area is 566 Å². The number of aryl methyl sites for hydroxylation is 1. The second kappa shape index (κ2) is 35.1. The standard InChI is InChI=1S/C74H91ClN6O15/c1-43(2)36-62(70(87)88)95-71(89)74(7,8)42-78-69(86)59(38-49-27-33-61(92-9)58(75)37-49)80-63(83)22-14-16-45(5)46(6)66-67(96-66)50-29-23-47(24-30-50)28-34-64(84)93-40-48-25-31-52(32-26-48)79-68(85)51(17-15-35-77-72(76)90)39-60(82)65(44(3)4)81-73(91)94-41-57-55-20-12-10-18-53(55)54-19-11-13-21-56(54)57/h10-14,18-27,29-33,37,43-46,51,57,59,62,65-67H,15-17,28,34-36,38-42H2,1-9H3,(H,78,86)(H,79,85)(H,80,83)(H,81,91)(H,87,88)(H3,76,77,90)/b22-14+/t45?,46-,51+,59+,62-,65-,66+,67+/m0/s1. The van der Waals surface area contributed by atoms with Crippen LogP contribution in [0.4, 0.5) is 15.3 Å². The third kappa shape index (κ3) is 21.7. The van der Waals surface area contributed by atoms with Crippen LogP contribution in [0.2, 0.25) is 5.02 Å². The Bertz CT molecular complexity index is 3530. The van der Waals surface area contributed by atoms with Crippen LogP contribution in [0.15, 0.2) is 127 Å². The summed E-state index contributed by atoms with van der Waals surface area (Å²) in [6.07, 6.45) is 2.58. The van der Waals surface area contributed by atoms with Gasteiger partial charge in [0.25, 0.3) is 0 Å². The summed E-state index contributed by atoms with van der Waals surface area (Å²) in [6.45, 7) is 14.6. The summed E-state index contributed by atoms with van der Waals surface area (Å²) in [4.78, 5) is 118. The minimum atomic E-state index is -1.34. The maximum absolute atomic E-state index is 14.0. The molecule has 0 saturated carbocycles. The molecule has 8 atom stereocenters. The Morgan fingerprint density at radius 1 is 0.771 bits per heavy atom. The molecule has 8 N–H and O–H groups in total. The zero-order valence-corrected chi connectivity index (χ0v) is 56.8. The average molecular weight is 1340 g/mol. The van der Waals surface area contributed by atoms with Gasteiger partial charge in [0.2, 0.25) is 17.7 Å². The molecular formula is C74H91ClN6O15. The SMILES string of the molecule is COc1ccc(C[C@@H](NC(=O)/C=C/CC(C)[C@H](C)[C@H]2O[C@@H]2c2ccc(CCC(=O)OCc3ccc(NC(=O)[C@H](CCCNC(N)=O)CC(=O)[C@@H](NC(=O)OCC4c5ccccc5-c5ccccc54)C(C)C)cc3)cc2)C(=O)NCC(C)(C)C(=O)O[C@@H](CC(C)C)C(=O)O)cc1Cl. The summed E-state index contributed by atoms with van der Waals surface area (Å²) in [5.74, 6) is -5.01. The lowest BCUT2D eigenvalue weighted by molar-refractivity contribution is -0.171. The van der Waals surface area contributed by atoms with Gasteiger partial charge in [0, 0.05) is 49.9 Å². The van der Waals surface area contributed by atoms with Crippen LogP contribution >= 0.6 is 11.6 Å². The van der Waals surface area contributed by atoms with E-state index in [4.69, 9.17) is 41.0 Å². The summed E-state index contributed by atoms with van der Waals surface area (Å²) in [5, 5.41) is 23.7.